The van der Waals surface area contributed by atoms with Gasteiger partial charge in [-0.05, 0) is 47.9 Å². The summed E-state index contributed by atoms with van der Waals surface area (Å²) in [6, 6.07) is 7.19. The van der Waals surface area contributed by atoms with Crippen LogP contribution in [0.5, 0.6) is 0 Å². The van der Waals surface area contributed by atoms with Gasteiger partial charge in [-0.1, -0.05) is 0 Å². The monoisotopic (exact) mass is 316 g/mol. The summed E-state index contributed by atoms with van der Waals surface area (Å²) in [5.74, 6) is 0.899. The second-order valence-corrected chi connectivity index (χ2v) is 5.40. The van der Waals surface area contributed by atoms with Crippen molar-refractivity contribution in [1.82, 2.24) is 10.3 Å². The first-order valence-corrected chi connectivity index (χ1v) is 7.23. The molecular weight excluding hydrogens is 300 g/mol. The molecule has 0 aliphatic rings. The molecular formula is C15H16N4O4. The van der Waals surface area contributed by atoms with Gasteiger partial charge in [-0.3, -0.25) is 10.1 Å². The van der Waals surface area contributed by atoms with E-state index in [4.69, 9.17) is 4.42 Å². The average Bonchev–Trinajstić information content (AvgIpc) is 3.21. The number of furan rings is 1. The summed E-state index contributed by atoms with van der Waals surface area (Å²) in [4.78, 5) is 12.9. The summed E-state index contributed by atoms with van der Waals surface area (Å²) >= 11 is 0. The molecule has 0 aliphatic carbocycles. The number of hydrogen-bond donors (Lipinski definition) is 0. The highest BCUT2D eigenvalue weighted by atomic mass is 16.6. The van der Waals surface area contributed by atoms with E-state index in [1.807, 2.05) is 31.0 Å². The van der Waals surface area contributed by atoms with Crippen LogP contribution in [0.25, 0.3) is 11.0 Å². The van der Waals surface area contributed by atoms with E-state index in [9.17, 15) is 10.1 Å². The number of benzene rings is 1. The van der Waals surface area contributed by atoms with Gasteiger partial charge in [0.2, 0.25) is 5.52 Å². The summed E-state index contributed by atoms with van der Waals surface area (Å²) in [7, 11) is 1.83. The lowest BCUT2D eigenvalue weighted by molar-refractivity contribution is -0.382. The molecule has 1 unspecified atom stereocenters. The molecule has 1 aromatic carbocycles. The van der Waals surface area contributed by atoms with Gasteiger partial charge in [0.1, 0.15) is 17.0 Å². The van der Waals surface area contributed by atoms with E-state index in [1.54, 1.807) is 18.4 Å². The average molecular weight is 316 g/mol. The zero-order valence-electron chi connectivity index (χ0n) is 12.8. The minimum Gasteiger partial charge on any atom is -0.469 e. The standard InChI is InChI=1S/C15H16N4O4/c1-10(5-6-11-4-3-9-22-11)18(2)13-8-7-12-14(17-23-16-12)15(13)19(20)21/h3-4,7-10H,5-6H2,1-2H3. The molecule has 0 bridgehead atoms. The molecule has 0 aliphatic heterocycles. The third kappa shape index (κ3) is 2.87. The number of nitrogens with zero attached hydrogens (tertiary/aromatic N) is 4. The van der Waals surface area contributed by atoms with E-state index in [0.29, 0.717) is 11.2 Å². The number of aromatic nitrogens is 2. The first-order chi connectivity index (χ1) is 11.1. The van der Waals surface area contributed by atoms with Crippen LogP contribution in [-0.4, -0.2) is 28.3 Å². The second kappa shape index (κ2) is 6.07. The van der Waals surface area contributed by atoms with Gasteiger partial charge in [-0.2, -0.15) is 0 Å². The van der Waals surface area contributed by atoms with Crippen molar-refractivity contribution in [2.45, 2.75) is 25.8 Å². The predicted molar refractivity (Wildman–Crippen MR) is 83.4 cm³/mol. The van der Waals surface area contributed by atoms with Crippen molar-refractivity contribution >= 4 is 22.4 Å². The van der Waals surface area contributed by atoms with Crippen LogP contribution in [-0.2, 0) is 6.42 Å². The Labute approximate surface area is 131 Å². The molecule has 2 heterocycles. The van der Waals surface area contributed by atoms with E-state index < -0.39 is 4.92 Å². The Bertz CT molecular complexity index is 812. The van der Waals surface area contributed by atoms with Crippen LogP contribution >= 0.6 is 0 Å². The molecule has 0 spiro atoms. The third-order valence-electron chi connectivity index (χ3n) is 3.99. The van der Waals surface area contributed by atoms with Gasteiger partial charge in [0, 0.05) is 19.5 Å². The molecule has 0 radical (unpaired) electrons. The highest BCUT2D eigenvalue weighted by molar-refractivity contribution is 5.91. The first-order valence-electron chi connectivity index (χ1n) is 7.23. The SMILES string of the molecule is CC(CCc1ccco1)N(C)c1ccc2nonc2c1[N+](=O)[O-]. The van der Waals surface area contributed by atoms with Crippen molar-refractivity contribution in [3.63, 3.8) is 0 Å². The predicted octanol–water partition coefficient (Wildman–Crippen LogP) is 3.18. The number of fused-ring (bicyclic) bond motifs is 1. The van der Waals surface area contributed by atoms with Crippen molar-refractivity contribution in [3.8, 4) is 0 Å². The summed E-state index contributed by atoms with van der Waals surface area (Å²) in [6.45, 7) is 2.01. The maximum Gasteiger partial charge on any atom is 0.323 e. The maximum atomic E-state index is 11.5. The molecule has 0 saturated heterocycles. The van der Waals surface area contributed by atoms with E-state index in [-0.39, 0.29) is 17.2 Å². The van der Waals surface area contributed by atoms with Crippen LogP contribution in [0.15, 0.2) is 39.6 Å². The van der Waals surface area contributed by atoms with Crippen LogP contribution in [0.3, 0.4) is 0 Å². The molecule has 0 N–H and O–H groups in total. The molecule has 0 fully saturated rings. The van der Waals surface area contributed by atoms with E-state index in [1.165, 1.54) is 0 Å². The van der Waals surface area contributed by atoms with Gasteiger partial charge in [-0.25, -0.2) is 4.63 Å². The molecule has 8 heteroatoms. The fraction of sp³-hybridized carbons (Fsp3) is 0.333. The van der Waals surface area contributed by atoms with Crippen molar-refractivity contribution in [2.24, 2.45) is 0 Å². The lowest BCUT2D eigenvalue weighted by Crippen LogP contribution is -2.29. The summed E-state index contributed by atoms with van der Waals surface area (Å²) in [5.41, 5.74) is 0.941. The van der Waals surface area contributed by atoms with Gasteiger partial charge < -0.3 is 9.32 Å². The van der Waals surface area contributed by atoms with Gasteiger partial charge in [0.15, 0.2) is 0 Å². The Balaban J connectivity index is 1.86. The van der Waals surface area contributed by atoms with Crippen LogP contribution in [0.2, 0.25) is 0 Å². The third-order valence-corrected chi connectivity index (χ3v) is 3.99. The summed E-state index contributed by atoms with van der Waals surface area (Å²) in [5, 5.41) is 18.8. The zero-order valence-corrected chi connectivity index (χ0v) is 12.8. The molecule has 0 saturated carbocycles. The summed E-state index contributed by atoms with van der Waals surface area (Å²) in [6.07, 6.45) is 3.20. The fourth-order valence-electron chi connectivity index (χ4n) is 2.53. The van der Waals surface area contributed by atoms with E-state index in [0.717, 1.165) is 18.6 Å². The smallest absolute Gasteiger partial charge is 0.323 e. The fourth-order valence-corrected chi connectivity index (χ4v) is 2.53. The lowest BCUT2D eigenvalue weighted by Gasteiger charge is -2.26. The molecule has 3 rings (SSSR count). The number of rotatable bonds is 6. The van der Waals surface area contributed by atoms with Gasteiger partial charge in [0.05, 0.1) is 11.2 Å². The van der Waals surface area contributed by atoms with Crippen molar-refractivity contribution in [2.75, 3.05) is 11.9 Å². The van der Waals surface area contributed by atoms with Gasteiger partial charge in [0.25, 0.3) is 0 Å². The highest BCUT2D eigenvalue weighted by Crippen LogP contribution is 2.34. The maximum absolute atomic E-state index is 11.5. The highest BCUT2D eigenvalue weighted by Gasteiger charge is 2.26. The summed E-state index contributed by atoms with van der Waals surface area (Å²) < 4.78 is 9.93. The van der Waals surface area contributed by atoms with Gasteiger partial charge >= 0.3 is 5.69 Å². The number of anilines is 1. The van der Waals surface area contributed by atoms with Crippen molar-refractivity contribution in [3.05, 3.63) is 46.4 Å². The topological polar surface area (TPSA) is 98.4 Å². The number of nitro groups is 1. The van der Waals surface area contributed by atoms with Crippen LogP contribution < -0.4 is 4.90 Å². The molecule has 3 aromatic rings. The Hall–Kier alpha value is -2.90. The van der Waals surface area contributed by atoms with Crippen molar-refractivity contribution in [1.29, 1.82) is 0 Å². The van der Waals surface area contributed by atoms with Crippen LogP contribution in [0.4, 0.5) is 11.4 Å². The number of hydrogen-bond acceptors (Lipinski definition) is 7. The minimum absolute atomic E-state index is 0.0797. The number of nitro benzene ring substituents is 1. The molecule has 2 aromatic heterocycles. The Morgan fingerprint density at radius 1 is 1.35 bits per heavy atom. The normalized spacial score (nSPS) is 12.4. The largest absolute Gasteiger partial charge is 0.469 e. The Morgan fingerprint density at radius 2 is 2.17 bits per heavy atom. The van der Waals surface area contributed by atoms with Gasteiger partial charge in [-0.15, -0.1) is 0 Å². The Morgan fingerprint density at radius 3 is 2.87 bits per heavy atom. The molecule has 0 amide bonds. The lowest BCUT2D eigenvalue weighted by atomic mass is 10.1. The quantitative estimate of drug-likeness (QED) is 0.508. The van der Waals surface area contributed by atoms with Crippen LogP contribution in [0, 0.1) is 10.1 Å². The Kier molecular flexibility index (Phi) is 3.96. The van der Waals surface area contributed by atoms with Crippen molar-refractivity contribution < 1.29 is 14.0 Å². The molecule has 120 valence electrons. The molecule has 1 atom stereocenters. The molecule has 23 heavy (non-hydrogen) atoms. The minimum atomic E-state index is -0.447. The molecule has 8 nitrogen and oxygen atoms in total. The zero-order chi connectivity index (χ0) is 16.4. The first kappa shape index (κ1) is 15.0. The second-order valence-electron chi connectivity index (χ2n) is 5.40. The van der Waals surface area contributed by atoms with Crippen LogP contribution in [0.1, 0.15) is 19.1 Å². The van der Waals surface area contributed by atoms with E-state index in [2.05, 4.69) is 14.9 Å². The van der Waals surface area contributed by atoms with E-state index >= 15 is 0 Å². The number of aryl methyl sites for hydroxylation is 1.